The third-order valence-electron chi connectivity index (χ3n) is 4.26. The Balaban J connectivity index is 1.96. The number of anilines is 1. The zero-order chi connectivity index (χ0) is 17.3. The second-order valence-electron chi connectivity index (χ2n) is 5.83. The molecule has 1 heterocycles. The van der Waals surface area contributed by atoms with Crippen molar-refractivity contribution in [2.24, 2.45) is 0 Å². The predicted molar refractivity (Wildman–Crippen MR) is 90.3 cm³/mol. The Labute approximate surface area is 139 Å². The highest BCUT2D eigenvalue weighted by Crippen LogP contribution is 2.30. The first kappa shape index (κ1) is 16.1. The maximum Gasteiger partial charge on any atom is 0.170 e. The van der Waals surface area contributed by atoms with Crippen molar-refractivity contribution < 1.29 is 14.0 Å². The Hall–Kier alpha value is -2.82. The Morgan fingerprint density at radius 3 is 2.88 bits per heavy atom. The number of ketones is 2. The van der Waals surface area contributed by atoms with Crippen LogP contribution in [0.25, 0.3) is 6.08 Å². The number of Topliss-reactive ketones (excluding diaryl/α,β-unsaturated/α-hetero) is 2. The van der Waals surface area contributed by atoms with Crippen LogP contribution in [-0.4, -0.2) is 23.6 Å². The molecule has 1 aromatic carbocycles. The van der Waals surface area contributed by atoms with Gasteiger partial charge < -0.3 is 5.32 Å². The van der Waals surface area contributed by atoms with Crippen molar-refractivity contribution in [1.29, 1.82) is 0 Å². The van der Waals surface area contributed by atoms with Crippen molar-refractivity contribution in [2.75, 3.05) is 12.4 Å². The number of rotatable bonds is 4. The molecule has 0 fully saturated rings. The number of carbonyl (C=O) groups excluding carboxylic acids is 2. The second-order valence-corrected chi connectivity index (χ2v) is 5.83. The van der Waals surface area contributed by atoms with Gasteiger partial charge in [-0.1, -0.05) is 0 Å². The van der Waals surface area contributed by atoms with Gasteiger partial charge in [-0.05, 0) is 53.5 Å². The van der Waals surface area contributed by atoms with Gasteiger partial charge in [0.1, 0.15) is 5.82 Å². The minimum Gasteiger partial charge on any atom is -0.388 e. The van der Waals surface area contributed by atoms with Crippen molar-refractivity contribution >= 4 is 23.3 Å². The Bertz CT molecular complexity index is 872. The maximum absolute atomic E-state index is 13.7. The molecule has 1 aliphatic rings. The van der Waals surface area contributed by atoms with E-state index < -0.39 is 5.82 Å². The van der Waals surface area contributed by atoms with Gasteiger partial charge in [0, 0.05) is 38.0 Å². The first-order chi connectivity index (χ1) is 11.5. The van der Waals surface area contributed by atoms with Gasteiger partial charge in [-0.25, -0.2) is 4.39 Å². The Morgan fingerprint density at radius 2 is 2.17 bits per heavy atom. The highest BCUT2D eigenvalue weighted by atomic mass is 19.1. The normalized spacial score (nSPS) is 13.3. The van der Waals surface area contributed by atoms with Gasteiger partial charge in [-0.3, -0.25) is 14.6 Å². The third kappa shape index (κ3) is 2.97. The lowest BCUT2D eigenvalue weighted by molar-refractivity contribution is -0.120. The number of allylic oxidation sites excluding steroid dienone is 1. The van der Waals surface area contributed by atoms with Crippen LogP contribution in [0, 0.1) is 12.7 Å². The van der Waals surface area contributed by atoms with Crippen molar-refractivity contribution in [3.05, 3.63) is 64.2 Å². The number of pyridine rings is 1. The molecule has 1 aliphatic carbocycles. The van der Waals surface area contributed by atoms with E-state index >= 15 is 0 Å². The molecule has 24 heavy (non-hydrogen) atoms. The van der Waals surface area contributed by atoms with Crippen LogP contribution in [0.1, 0.15) is 22.3 Å². The number of nitrogens with zero attached hydrogens (tertiary/aromatic N) is 1. The molecular formula is C19H17FN2O2. The van der Waals surface area contributed by atoms with Crippen LogP contribution >= 0.6 is 0 Å². The molecule has 2 aromatic rings. The summed E-state index contributed by atoms with van der Waals surface area (Å²) < 4.78 is 13.7. The fraction of sp³-hybridized carbons (Fsp3) is 0.211. The fourth-order valence-corrected chi connectivity index (χ4v) is 2.88. The van der Waals surface area contributed by atoms with E-state index in [2.05, 4.69) is 10.3 Å². The summed E-state index contributed by atoms with van der Waals surface area (Å²) in [7, 11) is 1.68. The largest absolute Gasteiger partial charge is 0.388 e. The predicted octanol–water partition coefficient (Wildman–Crippen LogP) is 2.89. The number of hydrogen-bond acceptors (Lipinski definition) is 4. The zero-order valence-corrected chi connectivity index (χ0v) is 13.5. The van der Waals surface area contributed by atoms with Crippen molar-refractivity contribution in [1.82, 2.24) is 4.98 Å². The standard InChI is InChI=1S/C19H17FN2O2/c1-11-3-4-22-10-13(11)7-18(23)16-6-12-5-14(20)8-17(21-2)15(12)9-19(16)24/h3-6,8,10,21H,7,9H2,1-2H3. The topological polar surface area (TPSA) is 59.1 Å². The summed E-state index contributed by atoms with van der Waals surface area (Å²) in [5.74, 6) is -0.909. The lowest BCUT2D eigenvalue weighted by atomic mass is 9.86. The SMILES string of the molecule is CNc1cc(F)cc2c1CC(=O)C(C(=O)Cc1cnccc1C)=C2. The molecule has 0 spiro atoms. The molecule has 0 unspecified atom stereocenters. The summed E-state index contributed by atoms with van der Waals surface area (Å²) in [6, 6.07) is 4.53. The van der Waals surface area contributed by atoms with E-state index in [1.54, 1.807) is 19.4 Å². The summed E-state index contributed by atoms with van der Waals surface area (Å²) in [6.07, 6.45) is 5.00. The van der Waals surface area contributed by atoms with Gasteiger partial charge in [0.05, 0.1) is 5.57 Å². The molecule has 122 valence electrons. The van der Waals surface area contributed by atoms with E-state index in [1.807, 2.05) is 13.0 Å². The first-order valence-corrected chi connectivity index (χ1v) is 7.67. The van der Waals surface area contributed by atoms with Crippen LogP contribution in [0.5, 0.6) is 0 Å². The molecule has 0 aliphatic heterocycles. The number of benzene rings is 1. The van der Waals surface area contributed by atoms with Crippen LogP contribution in [0.2, 0.25) is 0 Å². The smallest absolute Gasteiger partial charge is 0.170 e. The summed E-state index contributed by atoms with van der Waals surface area (Å²) >= 11 is 0. The van der Waals surface area contributed by atoms with Gasteiger partial charge >= 0.3 is 0 Å². The molecule has 0 saturated heterocycles. The average molecular weight is 324 g/mol. The molecule has 3 rings (SSSR count). The highest BCUT2D eigenvalue weighted by molar-refractivity contribution is 6.25. The lowest BCUT2D eigenvalue weighted by Gasteiger charge is -2.18. The third-order valence-corrected chi connectivity index (χ3v) is 4.26. The molecule has 0 saturated carbocycles. The van der Waals surface area contributed by atoms with E-state index in [0.717, 1.165) is 16.7 Å². The highest BCUT2D eigenvalue weighted by Gasteiger charge is 2.26. The van der Waals surface area contributed by atoms with Gasteiger partial charge in [0.15, 0.2) is 11.6 Å². The van der Waals surface area contributed by atoms with Crippen molar-refractivity contribution in [3.8, 4) is 0 Å². The number of aryl methyl sites for hydroxylation is 1. The van der Waals surface area contributed by atoms with E-state index in [9.17, 15) is 14.0 Å². The van der Waals surface area contributed by atoms with E-state index in [0.29, 0.717) is 11.3 Å². The quantitative estimate of drug-likeness (QED) is 0.879. The number of hydrogen-bond donors (Lipinski definition) is 1. The van der Waals surface area contributed by atoms with Crippen LogP contribution in [0.4, 0.5) is 10.1 Å². The molecule has 0 bridgehead atoms. The second kappa shape index (κ2) is 6.35. The fourth-order valence-electron chi connectivity index (χ4n) is 2.88. The van der Waals surface area contributed by atoms with Gasteiger partial charge in [-0.15, -0.1) is 0 Å². The van der Waals surface area contributed by atoms with Gasteiger partial charge in [-0.2, -0.15) is 0 Å². The van der Waals surface area contributed by atoms with Crippen LogP contribution in [0.15, 0.2) is 36.2 Å². The Kier molecular flexibility index (Phi) is 4.25. The molecular weight excluding hydrogens is 307 g/mol. The number of carbonyl (C=O) groups is 2. The minimum atomic E-state index is -0.404. The Morgan fingerprint density at radius 1 is 1.38 bits per heavy atom. The van der Waals surface area contributed by atoms with E-state index in [1.165, 1.54) is 18.2 Å². The number of nitrogens with one attached hydrogen (secondary N) is 1. The average Bonchev–Trinajstić information content (AvgIpc) is 2.56. The molecule has 4 nitrogen and oxygen atoms in total. The van der Waals surface area contributed by atoms with Crippen molar-refractivity contribution in [3.63, 3.8) is 0 Å². The van der Waals surface area contributed by atoms with Crippen LogP contribution < -0.4 is 5.32 Å². The number of fused-ring (bicyclic) bond motifs is 1. The monoisotopic (exact) mass is 324 g/mol. The number of halogens is 1. The summed E-state index contributed by atoms with van der Waals surface area (Å²) in [6.45, 7) is 1.89. The molecule has 5 heteroatoms. The van der Waals surface area contributed by atoms with Gasteiger partial charge in [0.2, 0.25) is 0 Å². The molecule has 1 N–H and O–H groups in total. The molecule has 0 atom stereocenters. The minimum absolute atomic E-state index is 0.0926. The molecule has 1 aromatic heterocycles. The summed E-state index contributed by atoms with van der Waals surface area (Å²) in [4.78, 5) is 29.0. The molecule has 0 radical (unpaired) electrons. The van der Waals surface area contributed by atoms with Crippen LogP contribution in [0.3, 0.4) is 0 Å². The summed E-state index contributed by atoms with van der Waals surface area (Å²) in [5.41, 5.74) is 3.73. The van der Waals surface area contributed by atoms with E-state index in [-0.39, 0.29) is 30.0 Å². The molecule has 0 amide bonds. The lowest BCUT2D eigenvalue weighted by Crippen LogP contribution is -2.21. The van der Waals surface area contributed by atoms with Crippen molar-refractivity contribution in [2.45, 2.75) is 19.8 Å². The van der Waals surface area contributed by atoms with Gasteiger partial charge in [0.25, 0.3) is 0 Å². The van der Waals surface area contributed by atoms with E-state index in [4.69, 9.17) is 0 Å². The maximum atomic E-state index is 13.7. The van der Waals surface area contributed by atoms with Crippen LogP contribution in [-0.2, 0) is 22.4 Å². The zero-order valence-electron chi connectivity index (χ0n) is 13.5. The first-order valence-electron chi connectivity index (χ1n) is 7.67. The number of aromatic nitrogens is 1. The summed E-state index contributed by atoms with van der Waals surface area (Å²) in [5, 5.41) is 2.89.